The molecule has 122 valence electrons. The molecule has 1 fully saturated rings. The number of nitrogens with zero attached hydrogens (tertiary/aromatic N) is 1. The summed E-state index contributed by atoms with van der Waals surface area (Å²) in [5, 5.41) is 7.67. The van der Waals surface area contributed by atoms with E-state index in [0.717, 1.165) is 19.4 Å². The van der Waals surface area contributed by atoms with Gasteiger partial charge in [0.2, 0.25) is 0 Å². The maximum atomic E-state index is 12.5. The van der Waals surface area contributed by atoms with E-state index < -0.39 is 0 Å². The monoisotopic (exact) mass is 354 g/mol. The van der Waals surface area contributed by atoms with E-state index in [-0.39, 0.29) is 12.0 Å². The fourth-order valence-corrected chi connectivity index (χ4v) is 3.21. The topological polar surface area (TPSA) is 64.4 Å². The maximum Gasteiger partial charge on any atom is 0.257 e. The molecule has 23 heavy (non-hydrogen) atoms. The highest BCUT2D eigenvalue weighted by Crippen LogP contribution is 2.36. The van der Waals surface area contributed by atoms with E-state index >= 15 is 0 Å². The molecule has 3 rings (SSSR count). The number of aryl methyl sites for hydroxylation is 1. The van der Waals surface area contributed by atoms with Crippen LogP contribution in [0.25, 0.3) is 11.3 Å². The van der Waals surface area contributed by atoms with Gasteiger partial charge in [0.05, 0.1) is 16.1 Å². The van der Waals surface area contributed by atoms with Crippen LogP contribution in [0.3, 0.4) is 0 Å². The number of halogens is 2. The first kappa shape index (κ1) is 16.3. The molecule has 2 heterocycles. The standard InChI is InChI=1S/C16H16Cl2N2O3/c1-9-13(16(21)19-8-10-4-3-7-22-10)15(20-23-9)14-11(17)5-2-6-12(14)18/h2,5-6,10H,3-4,7-8H2,1H3,(H,19,21)/t10-/m1/s1. The number of carbonyl (C=O) groups is 1. The summed E-state index contributed by atoms with van der Waals surface area (Å²) in [5.41, 5.74) is 1.19. The third-order valence-corrected chi connectivity index (χ3v) is 4.43. The first-order chi connectivity index (χ1) is 11.1. The Kier molecular flexibility index (Phi) is 4.90. The smallest absolute Gasteiger partial charge is 0.257 e. The molecule has 5 nitrogen and oxygen atoms in total. The fourth-order valence-electron chi connectivity index (χ4n) is 2.63. The lowest BCUT2D eigenvalue weighted by atomic mass is 10.1. The quantitative estimate of drug-likeness (QED) is 0.904. The molecule has 0 unspecified atom stereocenters. The van der Waals surface area contributed by atoms with Crippen molar-refractivity contribution < 1.29 is 14.1 Å². The molecule has 0 spiro atoms. The van der Waals surface area contributed by atoms with Crippen molar-refractivity contribution >= 4 is 29.1 Å². The largest absolute Gasteiger partial charge is 0.376 e. The molecule has 1 aromatic carbocycles. The second-order valence-electron chi connectivity index (χ2n) is 5.40. The van der Waals surface area contributed by atoms with E-state index in [1.807, 2.05) is 0 Å². The van der Waals surface area contributed by atoms with Gasteiger partial charge in [0.1, 0.15) is 17.0 Å². The lowest BCUT2D eigenvalue weighted by Gasteiger charge is -2.11. The summed E-state index contributed by atoms with van der Waals surface area (Å²) >= 11 is 12.4. The second kappa shape index (κ2) is 6.91. The number of carbonyl (C=O) groups excluding carboxylic acids is 1. The zero-order valence-electron chi connectivity index (χ0n) is 12.6. The minimum atomic E-state index is -0.273. The number of benzene rings is 1. The summed E-state index contributed by atoms with van der Waals surface area (Å²) < 4.78 is 10.7. The van der Waals surface area contributed by atoms with Gasteiger partial charge in [-0.3, -0.25) is 4.79 Å². The van der Waals surface area contributed by atoms with Gasteiger partial charge in [-0.1, -0.05) is 34.4 Å². The van der Waals surface area contributed by atoms with Gasteiger partial charge < -0.3 is 14.6 Å². The molecule has 0 bridgehead atoms. The molecule has 0 saturated carbocycles. The first-order valence-corrected chi connectivity index (χ1v) is 8.14. The van der Waals surface area contributed by atoms with Gasteiger partial charge in [-0.2, -0.15) is 0 Å². The van der Waals surface area contributed by atoms with E-state index in [0.29, 0.717) is 39.2 Å². The van der Waals surface area contributed by atoms with Gasteiger partial charge in [0.15, 0.2) is 0 Å². The first-order valence-electron chi connectivity index (χ1n) is 7.38. The van der Waals surface area contributed by atoms with Gasteiger partial charge in [-0.05, 0) is 31.9 Å². The van der Waals surface area contributed by atoms with Crippen LogP contribution in [0.5, 0.6) is 0 Å². The highest BCUT2D eigenvalue weighted by atomic mass is 35.5. The summed E-state index contributed by atoms with van der Waals surface area (Å²) in [7, 11) is 0. The lowest BCUT2D eigenvalue weighted by Crippen LogP contribution is -2.32. The van der Waals surface area contributed by atoms with Gasteiger partial charge >= 0.3 is 0 Å². The van der Waals surface area contributed by atoms with Crippen LogP contribution in [0.15, 0.2) is 22.7 Å². The van der Waals surface area contributed by atoms with Crippen LogP contribution < -0.4 is 5.32 Å². The Hall–Kier alpha value is -1.56. The Morgan fingerprint density at radius 3 is 2.78 bits per heavy atom. The summed E-state index contributed by atoms with van der Waals surface area (Å²) in [6.45, 7) is 2.88. The predicted octanol–water partition coefficient (Wildman–Crippen LogP) is 3.87. The van der Waals surface area contributed by atoms with E-state index in [2.05, 4.69) is 10.5 Å². The van der Waals surface area contributed by atoms with Crippen molar-refractivity contribution in [1.29, 1.82) is 0 Å². The Balaban J connectivity index is 1.88. The minimum absolute atomic E-state index is 0.0615. The molecule has 1 aromatic heterocycles. The molecule has 1 aliphatic rings. The van der Waals surface area contributed by atoms with E-state index in [1.165, 1.54) is 0 Å². The predicted molar refractivity (Wildman–Crippen MR) is 88.0 cm³/mol. The molecule has 1 atom stereocenters. The maximum absolute atomic E-state index is 12.5. The van der Waals surface area contributed by atoms with Crippen LogP contribution in [0.4, 0.5) is 0 Å². The molecule has 0 radical (unpaired) electrons. The van der Waals surface area contributed by atoms with E-state index in [9.17, 15) is 4.79 Å². The van der Waals surface area contributed by atoms with Gasteiger partial charge in [-0.15, -0.1) is 0 Å². The number of hydrogen-bond acceptors (Lipinski definition) is 4. The number of amides is 1. The average Bonchev–Trinajstić information content (AvgIpc) is 3.15. The molecule has 1 aliphatic heterocycles. The number of ether oxygens (including phenoxy) is 1. The highest BCUT2D eigenvalue weighted by Gasteiger charge is 2.25. The Morgan fingerprint density at radius 2 is 2.13 bits per heavy atom. The van der Waals surface area contributed by atoms with Crippen molar-refractivity contribution in [2.45, 2.75) is 25.9 Å². The van der Waals surface area contributed by atoms with Crippen LogP contribution in [0.1, 0.15) is 29.0 Å². The number of aromatic nitrogens is 1. The molecule has 1 N–H and O–H groups in total. The van der Waals surface area contributed by atoms with Crippen molar-refractivity contribution in [3.63, 3.8) is 0 Å². The van der Waals surface area contributed by atoms with Crippen LogP contribution in [0, 0.1) is 6.92 Å². The molecule has 1 amide bonds. The molecule has 1 saturated heterocycles. The van der Waals surface area contributed by atoms with Gasteiger partial charge in [-0.25, -0.2) is 0 Å². The summed E-state index contributed by atoms with van der Waals surface area (Å²) in [6.07, 6.45) is 2.03. The van der Waals surface area contributed by atoms with Gasteiger partial charge in [0, 0.05) is 18.7 Å². The fraction of sp³-hybridized carbons (Fsp3) is 0.375. The molecular weight excluding hydrogens is 339 g/mol. The van der Waals surface area contributed by atoms with Crippen molar-refractivity contribution in [1.82, 2.24) is 10.5 Å². The van der Waals surface area contributed by atoms with E-state index in [1.54, 1.807) is 25.1 Å². The number of nitrogens with one attached hydrogen (secondary N) is 1. The Morgan fingerprint density at radius 1 is 1.39 bits per heavy atom. The van der Waals surface area contributed by atoms with Crippen LogP contribution >= 0.6 is 23.2 Å². The molecule has 7 heteroatoms. The summed E-state index contributed by atoms with van der Waals surface area (Å²) in [6, 6.07) is 5.12. The highest BCUT2D eigenvalue weighted by molar-refractivity contribution is 6.39. The molecular formula is C16H16Cl2N2O3. The normalized spacial score (nSPS) is 17.4. The third kappa shape index (κ3) is 3.37. The number of rotatable bonds is 4. The minimum Gasteiger partial charge on any atom is -0.376 e. The van der Waals surface area contributed by atoms with Crippen molar-refractivity contribution in [2.75, 3.05) is 13.2 Å². The SMILES string of the molecule is Cc1onc(-c2c(Cl)cccc2Cl)c1C(=O)NC[C@H]1CCCO1. The lowest BCUT2D eigenvalue weighted by molar-refractivity contribution is 0.0857. The molecule has 2 aromatic rings. The van der Waals surface area contributed by atoms with Crippen molar-refractivity contribution in [3.05, 3.63) is 39.6 Å². The van der Waals surface area contributed by atoms with Crippen LogP contribution in [-0.4, -0.2) is 30.3 Å². The summed E-state index contributed by atoms with van der Waals surface area (Å²) in [4.78, 5) is 12.5. The van der Waals surface area contributed by atoms with Crippen LogP contribution in [0.2, 0.25) is 10.0 Å². The zero-order chi connectivity index (χ0) is 16.4. The van der Waals surface area contributed by atoms with Crippen molar-refractivity contribution in [2.24, 2.45) is 0 Å². The van der Waals surface area contributed by atoms with Gasteiger partial charge in [0.25, 0.3) is 5.91 Å². The van der Waals surface area contributed by atoms with Crippen molar-refractivity contribution in [3.8, 4) is 11.3 Å². The zero-order valence-corrected chi connectivity index (χ0v) is 14.1. The summed E-state index contributed by atoms with van der Waals surface area (Å²) in [5.74, 6) is 0.145. The third-order valence-electron chi connectivity index (χ3n) is 3.80. The Bertz CT molecular complexity index is 704. The molecule has 0 aliphatic carbocycles. The Labute approximate surface area is 143 Å². The average molecular weight is 355 g/mol. The number of hydrogen-bond donors (Lipinski definition) is 1. The van der Waals surface area contributed by atoms with E-state index in [4.69, 9.17) is 32.5 Å². The van der Waals surface area contributed by atoms with Crippen LogP contribution in [-0.2, 0) is 4.74 Å². The second-order valence-corrected chi connectivity index (χ2v) is 6.22.